The lowest BCUT2D eigenvalue weighted by Gasteiger charge is -2.28. The average molecular weight is 347 g/mol. The Kier molecular flexibility index (Phi) is 5.00. The second-order valence-electron chi connectivity index (χ2n) is 5.57. The zero-order valence-corrected chi connectivity index (χ0v) is 13.9. The van der Waals surface area contributed by atoms with Crippen molar-refractivity contribution in [2.24, 2.45) is 0 Å². The number of hydrogen-bond acceptors (Lipinski definition) is 6. The molecule has 0 spiro atoms. The van der Waals surface area contributed by atoms with Gasteiger partial charge in [0.15, 0.2) is 11.6 Å². The number of aromatic nitrogens is 2. The number of halogens is 1. The van der Waals surface area contributed by atoms with E-state index in [1.165, 1.54) is 12.7 Å². The van der Waals surface area contributed by atoms with E-state index in [4.69, 9.17) is 17.3 Å². The lowest BCUT2D eigenvalue weighted by molar-refractivity contribution is 0.0962. The maximum absolute atomic E-state index is 12.2. The third-order valence-electron chi connectivity index (χ3n) is 3.93. The molecule has 7 nitrogen and oxygen atoms in total. The molecule has 0 aliphatic carbocycles. The predicted molar refractivity (Wildman–Crippen MR) is 95.0 cm³/mol. The van der Waals surface area contributed by atoms with Crippen molar-refractivity contribution in [1.82, 2.24) is 15.4 Å². The number of nitrogen functional groups attached to an aromatic ring is 1. The zero-order chi connectivity index (χ0) is 16.9. The molecule has 3 rings (SSSR count). The maximum atomic E-state index is 12.2. The van der Waals surface area contributed by atoms with Crippen LogP contribution in [-0.2, 0) is 0 Å². The number of nitrogens with two attached hydrogens (primary N) is 1. The molecule has 1 fully saturated rings. The molecule has 1 aromatic carbocycles. The number of nitrogens with one attached hydrogen (secondary N) is 2. The van der Waals surface area contributed by atoms with Crippen LogP contribution in [0.5, 0.6) is 0 Å². The van der Waals surface area contributed by atoms with E-state index in [9.17, 15) is 4.79 Å². The van der Waals surface area contributed by atoms with E-state index in [1.54, 1.807) is 24.3 Å². The van der Waals surface area contributed by atoms with Crippen LogP contribution in [0, 0.1) is 0 Å². The SMILES string of the molecule is Nc1c(NNC(=O)c2ccccc2Cl)ncnc1N1CCCCC1. The fourth-order valence-corrected chi connectivity index (χ4v) is 2.89. The Morgan fingerprint density at radius 1 is 1.17 bits per heavy atom. The summed E-state index contributed by atoms with van der Waals surface area (Å²) in [5.41, 5.74) is 12.3. The normalized spacial score (nSPS) is 14.3. The first kappa shape index (κ1) is 16.3. The molecule has 1 aromatic heterocycles. The van der Waals surface area contributed by atoms with E-state index in [1.807, 2.05) is 0 Å². The Labute approximate surface area is 145 Å². The summed E-state index contributed by atoms with van der Waals surface area (Å²) in [7, 11) is 0. The van der Waals surface area contributed by atoms with E-state index in [-0.39, 0.29) is 5.91 Å². The largest absolute Gasteiger partial charge is 0.393 e. The number of hydrogen-bond donors (Lipinski definition) is 3. The number of amides is 1. The summed E-state index contributed by atoms with van der Waals surface area (Å²) in [5, 5.41) is 0.376. The van der Waals surface area contributed by atoms with Crippen LogP contribution in [0.25, 0.3) is 0 Å². The number of carbonyl (C=O) groups is 1. The van der Waals surface area contributed by atoms with Gasteiger partial charge in [-0.25, -0.2) is 9.97 Å². The van der Waals surface area contributed by atoms with Gasteiger partial charge in [0.05, 0.1) is 10.6 Å². The van der Waals surface area contributed by atoms with Crippen LogP contribution in [0.15, 0.2) is 30.6 Å². The molecule has 0 bridgehead atoms. The molecule has 2 aromatic rings. The first-order valence-corrected chi connectivity index (χ1v) is 8.21. The Bertz CT molecular complexity index is 732. The highest BCUT2D eigenvalue weighted by Crippen LogP contribution is 2.27. The highest BCUT2D eigenvalue weighted by atomic mass is 35.5. The number of piperidine rings is 1. The van der Waals surface area contributed by atoms with Gasteiger partial charge in [-0.15, -0.1) is 0 Å². The molecule has 0 atom stereocenters. The Hall–Kier alpha value is -2.54. The van der Waals surface area contributed by atoms with E-state index >= 15 is 0 Å². The van der Waals surface area contributed by atoms with Gasteiger partial charge in [-0.1, -0.05) is 23.7 Å². The molecule has 24 heavy (non-hydrogen) atoms. The fraction of sp³-hybridized carbons (Fsp3) is 0.312. The highest BCUT2D eigenvalue weighted by Gasteiger charge is 2.18. The van der Waals surface area contributed by atoms with Crippen molar-refractivity contribution >= 4 is 34.8 Å². The molecule has 126 valence electrons. The zero-order valence-electron chi connectivity index (χ0n) is 13.1. The summed E-state index contributed by atoms with van der Waals surface area (Å²) in [6, 6.07) is 6.81. The minimum absolute atomic E-state index is 0.363. The van der Waals surface area contributed by atoms with Crippen LogP contribution in [0.2, 0.25) is 5.02 Å². The van der Waals surface area contributed by atoms with Gasteiger partial charge in [0.2, 0.25) is 0 Å². The molecule has 8 heteroatoms. The first-order chi connectivity index (χ1) is 11.7. The summed E-state index contributed by atoms with van der Waals surface area (Å²) in [4.78, 5) is 22.7. The van der Waals surface area contributed by atoms with Gasteiger partial charge in [0.1, 0.15) is 12.0 Å². The Morgan fingerprint density at radius 2 is 1.92 bits per heavy atom. The third-order valence-corrected chi connectivity index (χ3v) is 4.26. The predicted octanol–water partition coefficient (Wildman–Crippen LogP) is 2.46. The number of nitrogens with zero attached hydrogens (tertiary/aromatic N) is 3. The number of carbonyl (C=O) groups excluding carboxylic acids is 1. The van der Waals surface area contributed by atoms with Crippen LogP contribution in [0.1, 0.15) is 29.6 Å². The average Bonchev–Trinajstić information content (AvgIpc) is 2.62. The second-order valence-corrected chi connectivity index (χ2v) is 5.97. The monoisotopic (exact) mass is 346 g/mol. The molecule has 0 unspecified atom stereocenters. The third kappa shape index (κ3) is 3.51. The second kappa shape index (κ2) is 7.35. The van der Waals surface area contributed by atoms with E-state index in [0.717, 1.165) is 25.9 Å². The van der Waals surface area contributed by atoms with Gasteiger partial charge in [-0.3, -0.25) is 15.6 Å². The number of anilines is 3. The molecule has 4 N–H and O–H groups in total. The topological polar surface area (TPSA) is 96.2 Å². The summed E-state index contributed by atoms with van der Waals surface area (Å²) in [5.74, 6) is 0.698. The lowest BCUT2D eigenvalue weighted by Crippen LogP contribution is -2.33. The van der Waals surface area contributed by atoms with Gasteiger partial charge < -0.3 is 10.6 Å². The van der Waals surface area contributed by atoms with Crippen molar-refractivity contribution in [2.75, 3.05) is 29.1 Å². The summed E-state index contributed by atoms with van der Waals surface area (Å²) in [6.07, 6.45) is 4.90. The van der Waals surface area contributed by atoms with Crippen LogP contribution in [0.3, 0.4) is 0 Å². The molecule has 1 aliphatic heterocycles. The maximum Gasteiger partial charge on any atom is 0.271 e. The van der Waals surface area contributed by atoms with E-state index in [2.05, 4.69) is 25.7 Å². The van der Waals surface area contributed by atoms with E-state index in [0.29, 0.717) is 27.9 Å². The molecular weight excluding hydrogens is 328 g/mol. The molecule has 0 saturated carbocycles. The highest BCUT2D eigenvalue weighted by molar-refractivity contribution is 6.33. The summed E-state index contributed by atoms with van der Waals surface area (Å²) >= 11 is 6.01. The van der Waals surface area contributed by atoms with Gasteiger partial charge in [0, 0.05) is 13.1 Å². The van der Waals surface area contributed by atoms with Crippen LogP contribution < -0.4 is 21.5 Å². The van der Waals surface area contributed by atoms with Gasteiger partial charge >= 0.3 is 0 Å². The van der Waals surface area contributed by atoms with Gasteiger partial charge in [0.25, 0.3) is 5.91 Å². The van der Waals surface area contributed by atoms with Crippen molar-refractivity contribution in [3.8, 4) is 0 Å². The van der Waals surface area contributed by atoms with Gasteiger partial charge in [-0.2, -0.15) is 0 Å². The first-order valence-electron chi connectivity index (χ1n) is 7.83. The Balaban J connectivity index is 1.71. The molecule has 2 heterocycles. The lowest BCUT2D eigenvalue weighted by atomic mass is 10.1. The van der Waals surface area contributed by atoms with Crippen molar-refractivity contribution in [3.63, 3.8) is 0 Å². The fourth-order valence-electron chi connectivity index (χ4n) is 2.67. The molecule has 1 aliphatic rings. The number of hydrazine groups is 1. The molecule has 1 amide bonds. The standard InChI is InChI=1S/C16H19ClN6O/c17-12-7-3-2-6-11(12)16(24)22-21-14-13(18)15(20-10-19-14)23-8-4-1-5-9-23/h2-3,6-7,10H,1,4-5,8-9,18H2,(H,22,24)(H,19,20,21). The summed E-state index contributed by atoms with van der Waals surface area (Å²) < 4.78 is 0. The number of rotatable bonds is 4. The van der Waals surface area contributed by atoms with Crippen molar-refractivity contribution in [2.45, 2.75) is 19.3 Å². The molecule has 1 saturated heterocycles. The van der Waals surface area contributed by atoms with Crippen molar-refractivity contribution < 1.29 is 4.79 Å². The molecular formula is C16H19ClN6O. The number of benzene rings is 1. The summed E-state index contributed by atoms with van der Waals surface area (Å²) in [6.45, 7) is 1.85. The van der Waals surface area contributed by atoms with Crippen molar-refractivity contribution in [1.29, 1.82) is 0 Å². The quantitative estimate of drug-likeness (QED) is 0.736. The van der Waals surface area contributed by atoms with Crippen LogP contribution >= 0.6 is 11.6 Å². The minimum atomic E-state index is -0.363. The van der Waals surface area contributed by atoms with E-state index < -0.39 is 0 Å². The van der Waals surface area contributed by atoms with Crippen LogP contribution in [-0.4, -0.2) is 29.0 Å². The van der Waals surface area contributed by atoms with Crippen LogP contribution in [0.4, 0.5) is 17.3 Å². The Morgan fingerprint density at radius 3 is 2.67 bits per heavy atom. The molecule has 0 radical (unpaired) electrons. The van der Waals surface area contributed by atoms with Crippen molar-refractivity contribution in [3.05, 3.63) is 41.2 Å². The van der Waals surface area contributed by atoms with Gasteiger partial charge in [-0.05, 0) is 31.4 Å². The minimum Gasteiger partial charge on any atom is -0.393 e. The smallest absolute Gasteiger partial charge is 0.271 e.